The van der Waals surface area contributed by atoms with Crippen molar-refractivity contribution in [1.29, 1.82) is 0 Å². The highest BCUT2D eigenvalue weighted by Gasteiger charge is 2.36. The van der Waals surface area contributed by atoms with Crippen molar-refractivity contribution in [2.75, 3.05) is 0 Å². The molecule has 3 heterocycles. The van der Waals surface area contributed by atoms with Gasteiger partial charge in [-0.2, -0.15) is 0 Å². The predicted molar refractivity (Wildman–Crippen MR) is 254 cm³/mol. The van der Waals surface area contributed by atoms with E-state index in [1.165, 1.54) is 82.4 Å². The summed E-state index contributed by atoms with van der Waals surface area (Å²) < 4.78 is 4.63. The van der Waals surface area contributed by atoms with Gasteiger partial charge in [-0.15, -0.1) is 0 Å². The van der Waals surface area contributed by atoms with Gasteiger partial charge in [-0.1, -0.05) is 147 Å². The smallest absolute Gasteiger partial charge is 0.235 e. The van der Waals surface area contributed by atoms with Crippen LogP contribution in [0.25, 0.3) is 110 Å². The Kier molecular flexibility index (Phi) is 7.04. The number of hydrogen-bond donors (Lipinski definition) is 0. The Morgan fingerprint density at radius 1 is 0.393 bits per heavy atom. The zero-order chi connectivity index (χ0) is 40.4. The summed E-state index contributed by atoms with van der Waals surface area (Å²) in [7, 11) is 0. The molecule has 4 heteroatoms. The number of rotatable bonds is 4. The molecule has 0 unspecified atom stereocenters. The molecule has 61 heavy (non-hydrogen) atoms. The first kappa shape index (κ1) is 34.1. The minimum atomic E-state index is -0.232. The van der Waals surface area contributed by atoms with Crippen molar-refractivity contribution in [3.63, 3.8) is 0 Å². The fourth-order valence-corrected chi connectivity index (χ4v) is 10.4. The first-order chi connectivity index (χ1) is 30.0. The lowest BCUT2D eigenvalue weighted by Crippen LogP contribution is -2.15. The molecule has 0 bridgehead atoms. The van der Waals surface area contributed by atoms with Gasteiger partial charge in [-0.05, 0) is 105 Å². The first-order valence-electron chi connectivity index (χ1n) is 21.1. The molecule has 0 amide bonds. The maximum absolute atomic E-state index is 5.49. The summed E-state index contributed by atoms with van der Waals surface area (Å²) in [4.78, 5) is 10.7. The van der Waals surface area contributed by atoms with Gasteiger partial charge < -0.3 is 4.57 Å². The Bertz CT molecular complexity index is 3790. The van der Waals surface area contributed by atoms with E-state index in [1.807, 2.05) is 0 Å². The molecule has 1 aliphatic rings. The minimum Gasteiger partial charge on any atom is -0.309 e. The molecule has 0 N–H and O–H groups in total. The molecule has 0 aliphatic heterocycles. The molecule has 3 aromatic heterocycles. The molecule has 1 aliphatic carbocycles. The number of aromatic nitrogens is 4. The summed E-state index contributed by atoms with van der Waals surface area (Å²) in [6.45, 7) is 4.74. The molecule has 286 valence electrons. The van der Waals surface area contributed by atoms with Crippen molar-refractivity contribution in [2.24, 2.45) is 0 Å². The Labute approximate surface area is 352 Å². The Morgan fingerprint density at radius 3 is 1.77 bits per heavy atom. The zero-order valence-corrected chi connectivity index (χ0v) is 33.8. The maximum atomic E-state index is 5.49. The van der Waals surface area contributed by atoms with Crippen molar-refractivity contribution in [2.45, 2.75) is 19.3 Å². The normalized spacial score (nSPS) is 13.2. The van der Waals surface area contributed by atoms with Crippen molar-refractivity contribution in [3.05, 3.63) is 205 Å². The molecule has 13 rings (SSSR count). The van der Waals surface area contributed by atoms with Gasteiger partial charge in [0.2, 0.25) is 5.95 Å². The van der Waals surface area contributed by atoms with Gasteiger partial charge in [-0.25, -0.2) is 9.97 Å². The van der Waals surface area contributed by atoms with Crippen molar-refractivity contribution in [3.8, 4) is 45.1 Å². The molecular weight excluding hydrogens is 741 g/mol. The highest BCUT2D eigenvalue weighted by molar-refractivity contribution is 6.21. The van der Waals surface area contributed by atoms with Crippen LogP contribution in [0.3, 0.4) is 0 Å². The van der Waals surface area contributed by atoms with Crippen molar-refractivity contribution < 1.29 is 0 Å². The third-order valence-corrected chi connectivity index (χ3v) is 13.3. The zero-order valence-electron chi connectivity index (χ0n) is 33.8. The molecule has 12 aromatic rings. The highest BCUT2D eigenvalue weighted by Crippen LogP contribution is 2.51. The summed E-state index contributed by atoms with van der Waals surface area (Å²) in [5, 5.41) is 8.44. The van der Waals surface area contributed by atoms with Gasteiger partial charge in [-0.3, -0.25) is 4.57 Å². The average Bonchev–Trinajstić information content (AvgIpc) is 3.91. The van der Waals surface area contributed by atoms with Crippen LogP contribution in [0.5, 0.6) is 0 Å². The molecule has 0 atom stereocenters. The van der Waals surface area contributed by atoms with Crippen LogP contribution in [0, 0.1) is 0 Å². The molecule has 0 radical (unpaired) electrons. The van der Waals surface area contributed by atoms with Crippen LogP contribution in [-0.2, 0) is 5.41 Å². The van der Waals surface area contributed by atoms with E-state index in [9.17, 15) is 0 Å². The van der Waals surface area contributed by atoms with E-state index in [-0.39, 0.29) is 5.41 Å². The number of nitrogens with zero attached hydrogens (tertiary/aromatic N) is 4. The lowest BCUT2D eigenvalue weighted by molar-refractivity contribution is 0.661. The highest BCUT2D eigenvalue weighted by atomic mass is 15.2. The van der Waals surface area contributed by atoms with Gasteiger partial charge >= 0.3 is 0 Å². The number of hydrogen-bond acceptors (Lipinski definition) is 2. The lowest BCUT2D eigenvalue weighted by Gasteiger charge is -2.23. The van der Waals surface area contributed by atoms with Gasteiger partial charge in [0.25, 0.3) is 0 Å². The van der Waals surface area contributed by atoms with E-state index in [0.717, 1.165) is 33.2 Å². The Balaban J connectivity index is 0.940. The summed E-state index contributed by atoms with van der Waals surface area (Å²) in [6.07, 6.45) is 0. The quantitative estimate of drug-likeness (QED) is 0.178. The Hall–Kier alpha value is -7.82. The molecule has 0 saturated heterocycles. The monoisotopic (exact) mass is 778 g/mol. The third-order valence-electron chi connectivity index (χ3n) is 13.3. The SMILES string of the molecule is CC1(C)c2cc(-c3ccc4c(c3)c3ccccc3n4-c3ccccc3)ccc2-c2ccc(-c3nc(-n4c5ccccc5c5c6ccccc6ccc54)nc4ccccc34)cc21. The third kappa shape index (κ3) is 4.87. The van der Waals surface area contributed by atoms with Gasteiger partial charge in [0.15, 0.2) is 0 Å². The minimum absolute atomic E-state index is 0.232. The van der Waals surface area contributed by atoms with E-state index in [4.69, 9.17) is 9.97 Å². The van der Waals surface area contributed by atoms with E-state index >= 15 is 0 Å². The van der Waals surface area contributed by atoms with Gasteiger partial charge in [0, 0.05) is 43.6 Å². The fraction of sp³-hybridized carbons (Fsp3) is 0.0526. The molecule has 4 nitrogen and oxygen atoms in total. The summed E-state index contributed by atoms with van der Waals surface area (Å²) in [5.74, 6) is 0.673. The number of para-hydroxylation sites is 4. The van der Waals surface area contributed by atoms with E-state index in [2.05, 4.69) is 217 Å². The van der Waals surface area contributed by atoms with Crippen LogP contribution in [0.1, 0.15) is 25.0 Å². The van der Waals surface area contributed by atoms with Crippen LogP contribution < -0.4 is 0 Å². The van der Waals surface area contributed by atoms with Crippen LogP contribution in [0.15, 0.2) is 194 Å². The number of benzene rings is 9. The second-order valence-corrected chi connectivity index (χ2v) is 17.0. The maximum Gasteiger partial charge on any atom is 0.235 e. The van der Waals surface area contributed by atoms with E-state index < -0.39 is 0 Å². The van der Waals surface area contributed by atoms with Crippen LogP contribution >= 0.6 is 0 Å². The molecule has 0 spiro atoms. The largest absolute Gasteiger partial charge is 0.309 e. The lowest BCUT2D eigenvalue weighted by atomic mass is 9.81. The van der Waals surface area contributed by atoms with Crippen LogP contribution in [-0.4, -0.2) is 19.1 Å². The predicted octanol–water partition coefficient (Wildman–Crippen LogP) is 14.6. The number of fused-ring (bicyclic) bond motifs is 12. The van der Waals surface area contributed by atoms with Crippen LogP contribution in [0.4, 0.5) is 0 Å². The Morgan fingerprint density at radius 2 is 0.967 bits per heavy atom. The second kappa shape index (κ2) is 12.6. The summed E-state index contributed by atoms with van der Waals surface area (Å²) in [5.41, 5.74) is 16.2. The standard InChI is InChI=1S/C57H38N4/c1-57(2)47-33-37(36-27-30-52-46(32-36)43-18-9-12-22-50(43)60(52)39-15-4-3-5-16-39)24-28-41(47)42-29-25-38(34-48(42)57)55-44-19-8-11-21-49(44)58-56(59-55)61-51-23-13-10-20-45(51)54-40-17-7-6-14-35(40)26-31-53(54)61/h3-34H,1-2H3. The average molecular weight is 779 g/mol. The summed E-state index contributed by atoms with van der Waals surface area (Å²) in [6, 6.07) is 70.5. The second-order valence-electron chi connectivity index (χ2n) is 17.0. The molecule has 0 saturated carbocycles. The molecular formula is C57H38N4. The first-order valence-corrected chi connectivity index (χ1v) is 21.1. The van der Waals surface area contributed by atoms with E-state index in [1.54, 1.807) is 0 Å². The van der Waals surface area contributed by atoms with Crippen molar-refractivity contribution in [1.82, 2.24) is 19.1 Å². The summed E-state index contributed by atoms with van der Waals surface area (Å²) >= 11 is 0. The van der Waals surface area contributed by atoms with Gasteiger partial charge in [0.05, 0.1) is 33.3 Å². The van der Waals surface area contributed by atoms with Crippen molar-refractivity contribution >= 4 is 65.3 Å². The van der Waals surface area contributed by atoms with Gasteiger partial charge in [0.1, 0.15) is 0 Å². The fourth-order valence-electron chi connectivity index (χ4n) is 10.4. The van der Waals surface area contributed by atoms with E-state index in [0.29, 0.717) is 5.95 Å². The molecule has 0 fully saturated rings. The van der Waals surface area contributed by atoms with Crippen LogP contribution in [0.2, 0.25) is 0 Å². The topological polar surface area (TPSA) is 35.6 Å². The molecule has 9 aromatic carbocycles.